The fourth-order valence-electron chi connectivity index (χ4n) is 1.89. The van der Waals surface area contributed by atoms with Crippen molar-refractivity contribution < 1.29 is 4.39 Å². The number of aromatic nitrogens is 4. The van der Waals surface area contributed by atoms with Crippen molar-refractivity contribution in [3.63, 3.8) is 0 Å². The molecule has 1 heterocycles. The summed E-state index contributed by atoms with van der Waals surface area (Å²) in [6.45, 7) is 0. The van der Waals surface area contributed by atoms with Gasteiger partial charge in [-0.15, -0.1) is 5.10 Å². The van der Waals surface area contributed by atoms with Crippen molar-refractivity contribution in [2.75, 3.05) is 5.73 Å². The molecule has 0 amide bonds. The Morgan fingerprint density at radius 1 is 1.14 bits per heavy atom. The lowest BCUT2D eigenvalue weighted by Crippen LogP contribution is -2.03. The van der Waals surface area contributed by atoms with Crippen LogP contribution in [-0.2, 0) is 0 Å². The van der Waals surface area contributed by atoms with Crippen molar-refractivity contribution >= 4 is 37.5 Å². The van der Waals surface area contributed by atoms with Crippen molar-refractivity contribution in [2.24, 2.45) is 0 Å². The first-order chi connectivity index (χ1) is 10.1. The third-order valence-corrected chi connectivity index (χ3v) is 4.26. The molecule has 0 radical (unpaired) electrons. The van der Waals surface area contributed by atoms with Crippen LogP contribution in [-0.4, -0.2) is 20.2 Å². The largest absolute Gasteiger partial charge is 0.398 e. The second-order valence-corrected chi connectivity index (χ2v) is 5.93. The average molecular weight is 413 g/mol. The van der Waals surface area contributed by atoms with Crippen LogP contribution < -0.4 is 5.73 Å². The molecule has 3 aromatic rings. The number of rotatable bonds is 2. The van der Waals surface area contributed by atoms with Crippen LogP contribution in [0.25, 0.3) is 17.1 Å². The van der Waals surface area contributed by atoms with Crippen LogP contribution in [0.4, 0.5) is 10.1 Å². The minimum atomic E-state index is -0.432. The zero-order chi connectivity index (χ0) is 15.0. The molecule has 2 N–H and O–H groups in total. The van der Waals surface area contributed by atoms with Gasteiger partial charge in [0.05, 0.1) is 4.47 Å². The molecule has 21 heavy (non-hydrogen) atoms. The van der Waals surface area contributed by atoms with Crippen molar-refractivity contribution in [3.8, 4) is 17.1 Å². The normalized spacial score (nSPS) is 10.8. The van der Waals surface area contributed by atoms with E-state index in [1.807, 2.05) is 0 Å². The number of hydrogen-bond donors (Lipinski definition) is 1. The Hall–Kier alpha value is -1.80. The summed E-state index contributed by atoms with van der Waals surface area (Å²) in [4.78, 5) is 0. The summed E-state index contributed by atoms with van der Waals surface area (Å²) in [6, 6.07) is 10.0. The maximum Gasteiger partial charge on any atom is 0.188 e. The average Bonchev–Trinajstić information content (AvgIpc) is 2.91. The molecule has 0 spiro atoms. The van der Waals surface area contributed by atoms with Crippen molar-refractivity contribution in [1.82, 2.24) is 20.2 Å². The van der Waals surface area contributed by atoms with E-state index in [1.165, 1.54) is 10.7 Å². The van der Waals surface area contributed by atoms with Crippen molar-refractivity contribution in [1.29, 1.82) is 0 Å². The second kappa shape index (κ2) is 5.53. The molecule has 0 saturated carbocycles. The van der Waals surface area contributed by atoms with Gasteiger partial charge in [-0.3, -0.25) is 0 Å². The van der Waals surface area contributed by atoms with Gasteiger partial charge in [0, 0.05) is 15.7 Å². The maximum absolute atomic E-state index is 14.1. The number of nitrogens with zero attached hydrogens (tertiary/aromatic N) is 4. The van der Waals surface area contributed by atoms with E-state index in [1.54, 1.807) is 30.3 Å². The van der Waals surface area contributed by atoms with E-state index in [2.05, 4.69) is 47.4 Å². The van der Waals surface area contributed by atoms with Crippen molar-refractivity contribution in [3.05, 3.63) is 51.2 Å². The van der Waals surface area contributed by atoms with E-state index in [0.29, 0.717) is 26.0 Å². The first kappa shape index (κ1) is 14.2. The smallest absolute Gasteiger partial charge is 0.188 e. The summed E-state index contributed by atoms with van der Waals surface area (Å²) >= 11 is 6.62. The van der Waals surface area contributed by atoms with Crippen LogP contribution in [0.3, 0.4) is 0 Å². The molecule has 2 aromatic carbocycles. The zero-order valence-electron chi connectivity index (χ0n) is 10.5. The Morgan fingerprint density at radius 2 is 1.95 bits per heavy atom. The molecule has 1 aromatic heterocycles. The van der Waals surface area contributed by atoms with E-state index in [4.69, 9.17) is 5.73 Å². The van der Waals surface area contributed by atoms with Gasteiger partial charge in [0.2, 0.25) is 0 Å². The summed E-state index contributed by atoms with van der Waals surface area (Å²) in [6.07, 6.45) is 0. The summed E-state index contributed by atoms with van der Waals surface area (Å²) in [7, 11) is 0. The predicted octanol–water partition coefficient (Wildman–Crippen LogP) is 3.58. The molecule has 0 aliphatic rings. The first-order valence-electron chi connectivity index (χ1n) is 5.86. The summed E-state index contributed by atoms with van der Waals surface area (Å²) in [5.41, 5.74) is 7.35. The quantitative estimate of drug-likeness (QED) is 0.653. The Kier molecular flexibility index (Phi) is 3.73. The summed E-state index contributed by atoms with van der Waals surface area (Å²) in [5.74, 6) is -0.0339. The molecular formula is C13H8Br2FN5. The minimum Gasteiger partial charge on any atom is -0.398 e. The third-order valence-electron chi connectivity index (χ3n) is 2.88. The van der Waals surface area contributed by atoms with Gasteiger partial charge in [-0.2, -0.15) is 4.68 Å². The fourth-order valence-corrected chi connectivity index (χ4v) is 2.67. The van der Waals surface area contributed by atoms with E-state index >= 15 is 0 Å². The van der Waals surface area contributed by atoms with Gasteiger partial charge in [0.15, 0.2) is 5.82 Å². The van der Waals surface area contributed by atoms with Gasteiger partial charge in [0.1, 0.15) is 11.5 Å². The summed E-state index contributed by atoms with van der Waals surface area (Å²) in [5, 5.41) is 11.5. The Bertz CT molecular complexity index is 818. The van der Waals surface area contributed by atoms with Gasteiger partial charge < -0.3 is 5.73 Å². The van der Waals surface area contributed by atoms with Crippen LogP contribution in [0.15, 0.2) is 45.3 Å². The van der Waals surface area contributed by atoms with Gasteiger partial charge in [0.25, 0.3) is 0 Å². The van der Waals surface area contributed by atoms with E-state index in [9.17, 15) is 4.39 Å². The Labute approximate surface area is 136 Å². The molecule has 0 unspecified atom stereocenters. The molecule has 0 atom stereocenters. The van der Waals surface area contributed by atoms with Gasteiger partial charge >= 0.3 is 0 Å². The Morgan fingerprint density at radius 3 is 2.71 bits per heavy atom. The lowest BCUT2D eigenvalue weighted by molar-refractivity contribution is 0.607. The lowest BCUT2D eigenvalue weighted by Gasteiger charge is -2.08. The number of nitrogen functional groups attached to an aromatic ring is 1. The highest BCUT2D eigenvalue weighted by Crippen LogP contribution is 2.32. The van der Waals surface area contributed by atoms with Crippen molar-refractivity contribution in [2.45, 2.75) is 0 Å². The van der Waals surface area contributed by atoms with Gasteiger partial charge in [-0.1, -0.05) is 22.0 Å². The molecule has 5 nitrogen and oxygen atoms in total. The monoisotopic (exact) mass is 411 g/mol. The fraction of sp³-hybridized carbons (Fsp3) is 0. The number of halogens is 3. The molecule has 0 fully saturated rings. The lowest BCUT2D eigenvalue weighted by atomic mass is 10.2. The van der Waals surface area contributed by atoms with Crippen LogP contribution in [0.5, 0.6) is 0 Å². The molecule has 0 aliphatic heterocycles. The van der Waals surface area contributed by atoms with E-state index in [0.717, 1.165) is 0 Å². The molecule has 8 heteroatoms. The van der Waals surface area contributed by atoms with Crippen LogP contribution in [0, 0.1) is 5.82 Å². The van der Waals surface area contributed by atoms with E-state index in [-0.39, 0.29) is 5.69 Å². The zero-order valence-corrected chi connectivity index (χ0v) is 13.6. The molecule has 3 rings (SSSR count). The van der Waals surface area contributed by atoms with Crippen LogP contribution in [0.1, 0.15) is 0 Å². The third kappa shape index (κ3) is 2.56. The maximum atomic E-state index is 14.1. The summed E-state index contributed by atoms with van der Waals surface area (Å²) < 4.78 is 16.7. The number of hydrogen-bond acceptors (Lipinski definition) is 4. The molecular weight excluding hydrogens is 405 g/mol. The van der Waals surface area contributed by atoms with E-state index < -0.39 is 5.82 Å². The Balaban J connectivity index is 2.20. The number of tetrazole rings is 1. The highest BCUT2D eigenvalue weighted by Gasteiger charge is 2.17. The van der Waals surface area contributed by atoms with Crippen LogP contribution in [0.2, 0.25) is 0 Å². The number of anilines is 1. The molecule has 0 aliphatic carbocycles. The second-order valence-electron chi connectivity index (χ2n) is 4.22. The number of nitrogens with two attached hydrogens (primary N) is 1. The SMILES string of the molecule is Nc1cccc(-c2nnnn2-c2ccc(Br)cc2F)c1Br. The minimum absolute atomic E-state index is 0.257. The standard InChI is InChI=1S/C13H8Br2FN5/c14-7-4-5-11(9(16)6-7)21-13(18-19-20-21)8-2-1-3-10(17)12(8)15/h1-6H,17H2. The molecule has 106 valence electrons. The highest BCUT2D eigenvalue weighted by molar-refractivity contribution is 9.11. The topological polar surface area (TPSA) is 69.6 Å². The highest BCUT2D eigenvalue weighted by atomic mass is 79.9. The van der Waals surface area contributed by atoms with Crippen LogP contribution >= 0.6 is 31.9 Å². The molecule has 0 bridgehead atoms. The van der Waals surface area contributed by atoms with Gasteiger partial charge in [-0.05, 0) is 56.7 Å². The number of benzene rings is 2. The molecule has 0 saturated heterocycles. The first-order valence-corrected chi connectivity index (χ1v) is 7.44. The predicted molar refractivity (Wildman–Crippen MR) is 84.4 cm³/mol. The van der Waals surface area contributed by atoms with Gasteiger partial charge in [-0.25, -0.2) is 4.39 Å².